The van der Waals surface area contributed by atoms with E-state index in [0.717, 1.165) is 47.4 Å². The highest BCUT2D eigenvalue weighted by Crippen LogP contribution is 2.38. The predicted molar refractivity (Wildman–Crippen MR) is 150 cm³/mol. The molecule has 1 aromatic heterocycles. The number of carbonyl (C=O) groups excluding carboxylic acids is 2. The summed E-state index contributed by atoms with van der Waals surface area (Å²) in [6.07, 6.45) is 7.75. The lowest BCUT2D eigenvalue weighted by Gasteiger charge is -2.51. The molecule has 1 aliphatic heterocycles. The first kappa shape index (κ1) is 28.4. The van der Waals surface area contributed by atoms with Gasteiger partial charge in [0.25, 0.3) is 0 Å². The largest absolute Gasteiger partial charge is 0.497 e. The second-order valence-corrected chi connectivity index (χ2v) is 10.3. The summed E-state index contributed by atoms with van der Waals surface area (Å²) in [7, 11) is 1.62. The number of likely N-dealkylation sites (tertiary alicyclic amines) is 1. The van der Waals surface area contributed by atoms with Crippen molar-refractivity contribution < 1.29 is 19.1 Å². The van der Waals surface area contributed by atoms with Crippen LogP contribution in [0.15, 0.2) is 61.1 Å². The van der Waals surface area contributed by atoms with Crippen LogP contribution in [0.25, 0.3) is 0 Å². The minimum absolute atomic E-state index is 0.0969. The molecule has 39 heavy (non-hydrogen) atoms. The number of carbonyl (C=O) groups is 2. The number of H-pyrrole nitrogens is 1. The molecule has 2 heterocycles. The lowest BCUT2D eigenvalue weighted by molar-refractivity contribution is -0.175. The first-order chi connectivity index (χ1) is 18.9. The predicted octanol–water partition coefficient (Wildman–Crippen LogP) is 4.33. The third-order valence-electron chi connectivity index (χ3n) is 7.36. The maximum atomic E-state index is 13.8. The smallest absolute Gasteiger partial charge is 0.245 e. The van der Waals surface area contributed by atoms with Crippen LogP contribution in [0, 0.1) is 6.92 Å². The molecule has 2 amide bonds. The summed E-state index contributed by atoms with van der Waals surface area (Å²) >= 11 is 0. The average molecular weight is 533 g/mol. The van der Waals surface area contributed by atoms with Crippen LogP contribution in [-0.4, -0.2) is 59.5 Å². The highest BCUT2D eigenvalue weighted by molar-refractivity contribution is 5.88. The Morgan fingerprint density at radius 2 is 1.90 bits per heavy atom. The zero-order valence-corrected chi connectivity index (χ0v) is 23.2. The van der Waals surface area contributed by atoms with Gasteiger partial charge in [0.1, 0.15) is 17.4 Å². The van der Waals surface area contributed by atoms with Gasteiger partial charge in [0.2, 0.25) is 11.8 Å². The van der Waals surface area contributed by atoms with Crippen LogP contribution in [0.4, 0.5) is 0 Å². The number of rotatable bonds is 14. The fourth-order valence-electron chi connectivity index (χ4n) is 5.12. The van der Waals surface area contributed by atoms with Gasteiger partial charge in [-0.1, -0.05) is 56.2 Å². The fraction of sp³-hybridized carbons (Fsp3) is 0.452. The summed E-state index contributed by atoms with van der Waals surface area (Å²) in [5.41, 5.74) is 3.52. The van der Waals surface area contributed by atoms with E-state index in [1.54, 1.807) is 19.6 Å². The highest BCUT2D eigenvalue weighted by atomic mass is 16.5. The molecule has 1 saturated heterocycles. The molecule has 0 radical (unpaired) electrons. The maximum absolute atomic E-state index is 13.8. The van der Waals surface area contributed by atoms with E-state index >= 15 is 0 Å². The van der Waals surface area contributed by atoms with Crippen LogP contribution in [0.1, 0.15) is 55.0 Å². The van der Waals surface area contributed by atoms with E-state index in [9.17, 15) is 9.59 Å². The zero-order chi connectivity index (χ0) is 27.7. The molecule has 0 spiro atoms. The standard InChI is InChI=1S/C31H40N4O4/c1-4-5-8-17-39-31(27-10-7-6-9-23(27)2)20-35(21-31)30(37)28(18-24-11-14-26(38-3)15-12-24)34-29(36)16-13-25-19-32-22-33-25/h6-7,9-12,14-15,19,22,28H,4-5,8,13,16-18,20-21H2,1-3H3,(H,32,33)(H,34,36)/t28-/m1/s1. The van der Waals surface area contributed by atoms with E-state index in [-0.39, 0.29) is 18.2 Å². The number of nitrogens with zero attached hydrogens (tertiary/aromatic N) is 2. The molecule has 3 aromatic rings. The van der Waals surface area contributed by atoms with Gasteiger partial charge in [-0.2, -0.15) is 0 Å². The summed E-state index contributed by atoms with van der Waals surface area (Å²) in [5, 5.41) is 3.00. The molecular weight excluding hydrogens is 492 g/mol. The van der Waals surface area contributed by atoms with Crippen molar-refractivity contribution >= 4 is 11.8 Å². The SMILES string of the molecule is CCCCCOC1(c2ccccc2C)CN(C(=O)[C@@H](Cc2ccc(OC)cc2)NC(=O)CCc2c[nH]cn2)C1. The van der Waals surface area contributed by atoms with E-state index in [1.807, 2.05) is 41.3 Å². The molecule has 2 N–H and O–H groups in total. The Hall–Kier alpha value is -3.65. The van der Waals surface area contributed by atoms with E-state index < -0.39 is 11.6 Å². The number of methoxy groups -OCH3 is 1. The lowest BCUT2D eigenvalue weighted by Crippen LogP contribution is -2.66. The summed E-state index contributed by atoms with van der Waals surface area (Å²) in [5.74, 6) is 0.474. The molecule has 4 rings (SSSR count). The Morgan fingerprint density at radius 3 is 2.56 bits per heavy atom. The zero-order valence-electron chi connectivity index (χ0n) is 23.2. The number of aromatic amines is 1. The van der Waals surface area contributed by atoms with Gasteiger partial charge in [0.15, 0.2) is 0 Å². The second kappa shape index (κ2) is 13.4. The lowest BCUT2D eigenvalue weighted by atomic mass is 9.82. The number of aryl methyl sites for hydroxylation is 2. The van der Waals surface area contributed by atoms with Crippen molar-refractivity contribution in [2.45, 2.75) is 64.0 Å². The average Bonchev–Trinajstić information content (AvgIpc) is 3.45. The van der Waals surface area contributed by atoms with Gasteiger partial charge >= 0.3 is 0 Å². The van der Waals surface area contributed by atoms with E-state index in [1.165, 1.54) is 0 Å². The molecule has 0 bridgehead atoms. The first-order valence-electron chi connectivity index (χ1n) is 13.8. The van der Waals surface area contributed by atoms with Gasteiger partial charge in [-0.3, -0.25) is 9.59 Å². The van der Waals surface area contributed by atoms with E-state index in [0.29, 0.717) is 32.5 Å². The molecule has 8 nitrogen and oxygen atoms in total. The molecule has 8 heteroatoms. The number of hydrogen-bond acceptors (Lipinski definition) is 5. The van der Waals surface area contributed by atoms with Crippen LogP contribution >= 0.6 is 0 Å². The Balaban J connectivity index is 1.48. The number of hydrogen-bond donors (Lipinski definition) is 2. The Kier molecular flexibility index (Phi) is 9.76. The van der Waals surface area contributed by atoms with Gasteiger partial charge in [-0.25, -0.2) is 4.98 Å². The molecular formula is C31H40N4O4. The summed E-state index contributed by atoms with van der Waals surface area (Å²) < 4.78 is 11.8. The number of amides is 2. The van der Waals surface area contributed by atoms with Gasteiger partial charge in [-0.15, -0.1) is 0 Å². The Bertz CT molecular complexity index is 1200. The fourth-order valence-corrected chi connectivity index (χ4v) is 5.12. The van der Waals surface area contributed by atoms with Crippen LogP contribution in [-0.2, 0) is 32.8 Å². The minimum Gasteiger partial charge on any atom is -0.497 e. The highest BCUT2D eigenvalue weighted by Gasteiger charge is 2.49. The van der Waals surface area contributed by atoms with Crippen molar-refractivity contribution in [3.63, 3.8) is 0 Å². The molecule has 208 valence electrons. The number of imidazole rings is 1. The number of nitrogens with one attached hydrogen (secondary N) is 2. The third kappa shape index (κ3) is 7.26. The van der Waals surface area contributed by atoms with Gasteiger partial charge in [0.05, 0.1) is 32.2 Å². The molecule has 0 saturated carbocycles. The molecule has 1 atom stereocenters. The molecule has 1 aliphatic rings. The monoisotopic (exact) mass is 532 g/mol. The maximum Gasteiger partial charge on any atom is 0.245 e. The first-order valence-corrected chi connectivity index (χ1v) is 13.8. The van der Waals surface area contributed by atoms with Gasteiger partial charge < -0.3 is 24.7 Å². The van der Waals surface area contributed by atoms with Crippen molar-refractivity contribution in [3.8, 4) is 5.75 Å². The van der Waals surface area contributed by atoms with Crippen LogP contribution in [0.5, 0.6) is 5.75 Å². The van der Waals surface area contributed by atoms with Gasteiger partial charge in [-0.05, 0) is 48.6 Å². The van der Waals surface area contributed by atoms with Crippen molar-refractivity contribution in [2.24, 2.45) is 0 Å². The number of benzene rings is 2. The van der Waals surface area contributed by atoms with Gasteiger partial charge in [0, 0.05) is 25.6 Å². The van der Waals surface area contributed by atoms with Crippen molar-refractivity contribution in [1.29, 1.82) is 0 Å². The topological polar surface area (TPSA) is 96.5 Å². The summed E-state index contributed by atoms with van der Waals surface area (Å²) in [6, 6.07) is 15.1. The molecule has 0 aliphatic carbocycles. The Morgan fingerprint density at radius 1 is 1.13 bits per heavy atom. The molecule has 0 unspecified atom stereocenters. The molecule has 2 aromatic carbocycles. The second-order valence-electron chi connectivity index (χ2n) is 10.3. The number of unbranched alkanes of at least 4 members (excludes halogenated alkanes) is 2. The van der Waals surface area contributed by atoms with Crippen molar-refractivity contribution in [1.82, 2.24) is 20.2 Å². The quantitative estimate of drug-likeness (QED) is 0.301. The van der Waals surface area contributed by atoms with Crippen LogP contribution in [0.3, 0.4) is 0 Å². The third-order valence-corrected chi connectivity index (χ3v) is 7.36. The van der Waals surface area contributed by atoms with E-state index in [4.69, 9.17) is 9.47 Å². The number of ether oxygens (including phenoxy) is 2. The van der Waals surface area contributed by atoms with Crippen LogP contribution in [0.2, 0.25) is 0 Å². The van der Waals surface area contributed by atoms with E-state index in [2.05, 4.69) is 41.3 Å². The summed E-state index contributed by atoms with van der Waals surface area (Å²) in [4.78, 5) is 35.6. The minimum atomic E-state index is -0.681. The summed E-state index contributed by atoms with van der Waals surface area (Å²) in [6.45, 7) is 5.84. The Labute approximate surface area is 231 Å². The van der Waals surface area contributed by atoms with Crippen molar-refractivity contribution in [2.75, 3.05) is 26.8 Å². The van der Waals surface area contributed by atoms with Crippen LogP contribution < -0.4 is 10.1 Å². The van der Waals surface area contributed by atoms with Crippen molar-refractivity contribution in [3.05, 3.63) is 83.4 Å². The normalized spacial score (nSPS) is 14.9. The molecule has 1 fully saturated rings. The number of aromatic nitrogens is 2.